The molecule has 1 aliphatic rings. The normalized spacial score (nSPS) is 16.3. The van der Waals surface area contributed by atoms with Gasteiger partial charge in [0, 0.05) is 37.6 Å². The van der Waals surface area contributed by atoms with Gasteiger partial charge in [-0.15, -0.1) is 0 Å². The minimum atomic E-state index is -0.284. The number of anilines is 1. The second-order valence-electron chi connectivity index (χ2n) is 7.59. The average molecular weight is 404 g/mol. The number of aromatic nitrogens is 2. The summed E-state index contributed by atoms with van der Waals surface area (Å²) < 4.78 is 13.4. The van der Waals surface area contributed by atoms with Crippen molar-refractivity contribution in [1.82, 2.24) is 15.3 Å². The lowest BCUT2D eigenvalue weighted by molar-refractivity contribution is -0.125. The Labute approximate surface area is 176 Å². The van der Waals surface area contributed by atoms with Crippen molar-refractivity contribution < 1.29 is 9.18 Å². The highest BCUT2D eigenvalue weighted by atomic mass is 19.1. The van der Waals surface area contributed by atoms with Crippen LogP contribution in [0.5, 0.6) is 0 Å². The molecule has 154 valence electrons. The van der Waals surface area contributed by atoms with E-state index in [-0.39, 0.29) is 17.6 Å². The van der Waals surface area contributed by atoms with E-state index in [1.807, 2.05) is 24.3 Å². The largest absolute Gasteiger partial charge is 0.355 e. The van der Waals surface area contributed by atoms with Crippen molar-refractivity contribution in [2.45, 2.75) is 19.3 Å². The van der Waals surface area contributed by atoms with Crippen LogP contribution in [0.1, 0.15) is 18.4 Å². The van der Waals surface area contributed by atoms with E-state index in [0.29, 0.717) is 19.0 Å². The van der Waals surface area contributed by atoms with Crippen LogP contribution in [0.4, 0.5) is 10.3 Å². The first-order chi connectivity index (χ1) is 14.7. The number of amides is 1. The van der Waals surface area contributed by atoms with Crippen molar-refractivity contribution in [1.29, 1.82) is 0 Å². The number of carbonyl (C=O) groups is 1. The van der Waals surface area contributed by atoms with Gasteiger partial charge in [-0.3, -0.25) is 4.79 Å². The van der Waals surface area contributed by atoms with E-state index < -0.39 is 0 Å². The summed E-state index contributed by atoms with van der Waals surface area (Å²) in [6, 6.07) is 16.5. The van der Waals surface area contributed by atoms with Crippen LogP contribution in [0.2, 0.25) is 0 Å². The fraction of sp³-hybridized carbons (Fsp3) is 0.292. The summed E-state index contributed by atoms with van der Waals surface area (Å²) >= 11 is 0. The Morgan fingerprint density at radius 3 is 2.63 bits per heavy atom. The van der Waals surface area contributed by atoms with Crippen LogP contribution in [0.15, 0.2) is 67.0 Å². The maximum atomic E-state index is 13.4. The fourth-order valence-corrected chi connectivity index (χ4v) is 3.79. The van der Waals surface area contributed by atoms with E-state index in [4.69, 9.17) is 0 Å². The Balaban J connectivity index is 1.33. The molecular weight excluding hydrogens is 379 g/mol. The molecule has 4 rings (SSSR count). The molecule has 1 atom stereocenters. The second-order valence-corrected chi connectivity index (χ2v) is 7.59. The Bertz CT molecular complexity index is 978. The number of benzene rings is 2. The Morgan fingerprint density at radius 1 is 1.07 bits per heavy atom. The molecule has 2 heterocycles. The molecule has 0 aliphatic carbocycles. The van der Waals surface area contributed by atoms with Gasteiger partial charge in [0.25, 0.3) is 0 Å². The predicted molar refractivity (Wildman–Crippen MR) is 116 cm³/mol. The standard InChI is InChI=1S/C24H25FN4O/c25-22-10-4-8-19(14-22)21-15-27-24(28-16-21)29-13-5-9-20(17-29)23(30)26-12-11-18-6-2-1-3-7-18/h1-4,6-8,10,14-16,20H,5,9,11-13,17H2,(H,26,30)/t20-/m1/s1. The molecule has 2 aromatic carbocycles. The SMILES string of the molecule is O=C(NCCc1ccccc1)[C@@H]1CCCN(c2ncc(-c3cccc(F)c3)cn2)C1. The molecule has 0 spiro atoms. The first-order valence-electron chi connectivity index (χ1n) is 10.3. The molecule has 0 saturated carbocycles. The van der Waals surface area contributed by atoms with Gasteiger partial charge in [-0.25, -0.2) is 14.4 Å². The quantitative estimate of drug-likeness (QED) is 0.678. The number of carbonyl (C=O) groups excluding carboxylic acids is 1. The summed E-state index contributed by atoms with van der Waals surface area (Å²) in [6.07, 6.45) is 6.04. The van der Waals surface area contributed by atoms with Gasteiger partial charge in [0.05, 0.1) is 5.92 Å². The molecule has 1 aromatic heterocycles. The maximum Gasteiger partial charge on any atom is 0.225 e. The van der Waals surface area contributed by atoms with Crippen LogP contribution < -0.4 is 10.2 Å². The summed E-state index contributed by atoms with van der Waals surface area (Å²) in [4.78, 5) is 23.6. The van der Waals surface area contributed by atoms with Crippen LogP contribution >= 0.6 is 0 Å². The highest BCUT2D eigenvalue weighted by molar-refractivity contribution is 5.79. The molecule has 0 bridgehead atoms. The van der Waals surface area contributed by atoms with E-state index in [1.165, 1.54) is 17.7 Å². The highest BCUT2D eigenvalue weighted by Gasteiger charge is 2.26. The molecule has 30 heavy (non-hydrogen) atoms. The molecule has 1 N–H and O–H groups in total. The molecule has 3 aromatic rings. The van der Waals surface area contributed by atoms with Gasteiger partial charge in [0.1, 0.15) is 5.82 Å². The number of rotatable bonds is 6. The summed E-state index contributed by atoms with van der Waals surface area (Å²) in [5, 5.41) is 3.07. The van der Waals surface area contributed by atoms with Crippen molar-refractivity contribution in [3.05, 3.63) is 78.4 Å². The van der Waals surface area contributed by atoms with Crippen LogP contribution in [0, 0.1) is 11.7 Å². The molecule has 5 nitrogen and oxygen atoms in total. The van der Waals surface area contributed by atoms with E-state index in [2.05, 4.69) is 32.3 Å². The minimum Gasteiger partial charge on any atom is -0.355 e. The number of nitrogens with zero attached hydrogens (tertiary/aromatic N) is 3. The lowest BCUT2D eigenvalue weighted by Gasteiger charge is -2.32. The van der Waals surface area contributed by atoms with Gasteiger partial charge < -0.3 is 10.2 Å². The van der Waals surface area contributed by atoms with E-state index in [0.717, 1.165) is 36.9 Å². The molecule has 0 radical (unpaired) electrons. The van der Waals surface area contributed by atoms with Gasteiger partial charge in [0.15, 0.2) is 0 Å². The predicted octanol–water partition coefficient (Wildman–Crippen LogP) is 3.86. The number of hydrogen-bond donors (Lipinski definition) is 1. The van der Waals surface area contributed by atoms with E-state index in [9.17, 15) is 9.18 Å². The summed E-state index contributed by atoms with van der Waals surface area (Å²) in [7, 11) is 0. The van der Waals surface area contributed by atoms with Crippen molar-refractivity contribution in [3.8, 4) is 11.1 Å². The zero-order valence-corrected chi connectivity index (χ0v) is 16.8. The number of halogens is 1. The van der Waals surface area contributed by atoms with Gasteiger partial charge in [-0.1, -0.05) is 42.5 Å². The number of piperidine rings is 1. The van der Waals surface area contributed by atoms with Crippen molar-refractivity contribution in [2.24, 2.45) is 5.92 Å². The summed E-state index contributed by atoms with van der Waals surface area (Å²) in [5.41, 5.74) is 2.73. The van der Waals surface area contributed by atoms with Gasteiger partial charge in [-0.05, 0) is 42.5 Å². The zero-order valence-electron chi connectivity index (χ0n) is 16.8. The fourth-order valence-electron chi connectivity index (χ4n) is 3.79. The molecule has 1 saturated heterocycles. The second kappa shape index (κ2) is 9.48. The first kappa shape index (κ1) is 20.0. The Morgan fingerprint density at radius 2 is 1.87 bits per heavy atom. The minimum absolute atomic E-state index is 0.0685. The van der Waals surface area contributed by atoms with Crippen molar-refractivity contribution in [2.75, 3.05) is 24.5 Å². The lowest BCUT2D eigenvalue weighted by atomic mass is 9.97. The molecule has 0 unspecified atom stereocenters. The molecular formula is C24H25FN4O. The molecule has 1 amide bonds. The van der Waals surface area contributed by atoms with Crippen molar-refractivity contribution in [3.63, 3.8) is 0 Å². The van der Waals surface area contributed by atoms with E-state index in [1.54, 1.807) is 18.5 Å². The molecule has 1 fully saturated rings. The first-order valence-corrected chi connectivity index (χ1v) is 10.3. The zero-order chi connectivity index (χ0) is 20.8. The van der Waals surface area contributed by atoms with Gasteiger partial charge >= 0.3 is 0 Å². The molecule has 6 heteroatoms. The maximum absolute atomic E-state index is 13.4. The summed E-state index contributed by atoms with van der Waals surface area (Å²) in [6.45, 7) is 2.07. The third-order valence-electron chi connectivity index (χ3n) is 5.43. The monoisotopic (exact) mass is 404 g/mol. The average Bonchev–Trinajstić information content (AvgIpc) is 2.80. The number of nitrogens with one attached hydrogen (secondary N) is 1. The van der Waals surface area contributed by atoms with Crippen LogP contribution in [-0.2, 0) is 11.2 Å². The Hall–Kier alpha value is -3.28. The van der Waals surface area contributed by atoms with Gasteiger partial charge in [0.2, 0.25) is 11.9 Å². The summed E-state index contributed by atoms with van der Waals surface area (Å²) in [5.74, 6) is 0.346. The van der Waals surface area contributed by atoms with Crippen LogP contribution in [0.3, 0.4) is 0 Å². The molecule has 1 aliphatic heterocycles. The van der Waals surface area contributed by atoms with Crippen LogP contribution in [-0.4, -0.2) is 35.5 Å². The Kier molecular flexibility index (Phi) is 6.32. The van der Waals surface area contributed by atoms with Crippen molar-refractivity contribution >= 4 is 11.9 Å². The van der Waals surface area contributed by atoms with Crippen LogP contribution in [0.25, 0.3) is 11.1 Å². The highest BCUT2D eigenvalue weighted by Crippen LogP contribution is 2.23. The van der Waals surface area contributed by atoms with Gasteiger partial charge in [-0.2, -0.15) is 0 Å². The van der Waals surface area contributed by atoms with E-state index >= 15 is 0 Å². The topological polar surface area (TPSA) is 58.1 Å². The third kappa shape index (κ3) is 5.00. The lowest BCUT2D eigenvalue weighted by Crippen LogP contribution is -2.44. The number of hydrogen-bond acceptors (Lipinski definition) is 4. The third-order valence-corrected chi connectivity index (χ3v) is 5.43. The smallest absolute Gasteiger partial charge is 0.225 e.